The third-order valence-electron chi connectivity index (χ3n) is 3.21. The van der Waals surface area contributed by atoms with Crippen LogP contribution in [0.3, 0.4) is 0 Å². The Kier molecular flexibility index (Phi) is 4.93. The highest BCUT2D eigenvalue weighted by Crippen LogP contribution is 2.31. The highest BCUT2D eigenvalue weighted by atomic mass is 79.9. The third-order valence-corrected chi connectivity index (χ3v) is 3.70. The molecule has 2 rings (SSSR count). The number of likely N-dealkylation sites (tertiary alicyclic amines) is 1. The second-order valence-corrected chi connectivity index (χ2v) is 5.60. The van der Waals surface area contributed by atoms with Gasteiger partial charge in [0.25, 0.3) is 0 Å². The molecule has 0 saturated carbocycles. The van der Waals surface area contributed by atoms with Crippen LogP contribution in [-0.2, 0) is 11.3 Å². The van der Waals surface area contributed by atoms with Gasteiger partial charge in [0.05, 0.1) is 6.10 Å². The average Bonchev–Trinajstić information content (AvgIpc) is 2.78. The molecule has 1 aromatic rings. The Morgan fingerprint density at radius 1 is 1.40 bits per heavy atom. The van der Waals surface area contributed by atoms with E-state index in [0.29, 0.717) is 16.6 Å². The van der Waals surface area contributed by atoms with Gasteiger partial charge in [-0.25, -0.2) is 0 Å². The van der Waals surface area contributed by atoms with Gasteiger partial charge in [-0.1, -0.05) is 22.0 Å². The van der Waals surface area contributed by atoms with E-state index in [2.05, 4.69) is 25.6 Å². The molecule has 1 atom stereocenters. The Bertz CT molecular complexity index is 467. The summed E-state index contributed by atoms with van der Waals surface area (Å²) in [6.45, 7) is 1.94. The van der Waals surface area contributed by atoms with Crippen LogP contribution in [-0.4, -0.2) is 37.6 Å². The number of rotatable bonds is 4. The smallest absolute Gasteiger partial charge is 0.405 e. The number of ether oxygens (including phenoxy) is 2. The first-order valence-corrected chi connectivity index (χ1v) is 6.96. The molecule has 1 aliphatic rings. The average molecular weight is 354 g/mol. The highest BCUT2D eigenvalue weighted by Gasteiger charge is 2.32. The highest BCUT2D eigenvalue weighted by molar-refractivity contribution is 9.10. The van der Waals surface area contributed by atoms with Crippen LogP contribution in [0.2, 0.25) is 0 Å². The minimum absolute atomic E-state index is 0.150. The topological polar surface area (TPSA) is 21.7 Å². The fraction of sp³-hybridized carbons (Fsp3) is 0.538. The van der Waals surface area contributed by atoms with Crippen LogP contribution in [0.5, 0.6) is 5.75 Å². The lowest BCUT2D eigenvalue weighted by molar-refractivity contribution is -0.275. The molecule has 1 saturated heterocycles. The van der Waals surface area contributed by atoms with Crippen LogP contribution in [0.25, 0.3) is 0 Å². The minimum atomic E-state index is -4.68. The van der Waals surface area contributed by atoms with E-state index in [9.17, 15) is 13.2 Å². The molecule has 7 heteroatoms. The number of hydrogen-bond acceptors (Lipinski definition) is 3. The number of alkyl halides is 3. The molecule has 20 heavy (non-hydrogen) atoms. The summed E-state index contributed by atoms with van der Waals surface area (Å²) in [5, 5.41) is 0. The van der Waals surface area contributed by atoms with Crippen LogP contribution in [0.1, 0.15) is 12.0 Å². The molecule has 0 bridgehead atoms. The molecule has 0 N–H and O–H groups in total. The SMILES string of the molecule is CO[C@@H]1CCN(Cc2ccc(Br)cc2OC(F)(F)F)C1. The van der Waals surface area contributed by atoms with Crippen molar-refractivity contribution in [3.05, 3.63) is 28.2 Å². The van der Waals surface area contributed by atoms with Crippen LogP contribution in [0.4, 0.5) is 13.2 Å². The molecule has 0 unspecified atom stereocenters. The summed E-state index contributed by atoms with van der Waals surface area (Å²) < 4.78 is 47.1. The molecule has 112 valence electrons. The van der Waals surface area contributed by atoms with Crippen molar-refractivity contribution < 1.29 is 22.6 Å². The van der Waals surface area contributed by atoms with Crippen molar-refractivity contribution in [2.24, 2.45) is 0 Å². The summed E-state index contributed by atoms with van der Waals surface area (Å²) >= 11 is 3.16. The van der Waals surface area contributed by atoms with Gasteiger partial charge < -0.3 is 9.47 Å². The molecule has 0 spiro atoms. The molecule has 1 heterocycles. The maximum atomic E-state index is 12.4. The van der Waals surface area contributed by atoms with Gasteiger partial charge in [-0.3, -0.25) is 4.90 Å². The molecule has 0 amide bonds. The van der Waals surface area contributed by atoms with E-state index in [4.69, 9.17) is 4.74 Å². The Hall–Kier alpha value is -0.790. The van der Waals surface area contributed by atoms with Crippen molar-refractivity contribution in [1.29, 1.82) is 0 Å². The van der Waals surface area contributed by atoms with Crippen molar-refractivity contribution in [3.63, 3.8) is 0 Å². The molecule has 1 fully saturated rings. The molecule has 0 aliphatic carbocycles. The minimum Gasteiger partial charge on any atom is -0.405 e. The number of methoxy groups -OCH3 is 1. The van der Waals surface area contributed by atoms with E-state index in [1.54, 1.807) is 19.2 Å². The summed E-state index contributed by atoms with van der Waals surface area (Å²) in [4.78, 5) is 2.06. The number of hydrogen-bond donors (Lipinski definition) is 0. The Morgan fingerprint density at radius 3 is 2.75 bits per heavy atom. The van der Waals surface area contributed by atoms with Gasteiger partial charge in [0.15, 0.2) is 0 Å². The largest absolute Gasteiger partial charge is 0.573 e. The second kappa shape index (κ2) is 6.32. The molecule has 0 radical (unpaired) electrons. The van der Waals surface area contributed by atoms with E-state index in [-0.39, 0.29) is 11.9 Å². The van der Waals surface area contributed by atoms with Gasteiger partial charge in [-0.2, -0.15) is 0 Å². The van der Waals surface area contributed by atoms with Gasteiger partial charge in [-0.15, -0.1) is 13.2 Å². The zero-order valence-corrected chi connectivity index (χ0v) is 12.5. The fourth-order valence-corrected chi connectivity index (χ4v) is 2.59. The van der Waals surface area contributed by atoms with E-state index >= 15 is 0 Å². The lowest BCUT2D eigenvalue weighted by Gasteiger charge is -2.19. The van der Waals surface area contributed by atoms with E-state index in [1.165, 1.54) is 6.07 Å². The molecule has 1 aromatic carbocycles. The lowest BCUT2D eigenvalue weighted by atomic mass is 10.2. The standard InChI is InChI=1S/C13H15BrF3NO2/c1-19-11-4-5-18(8-11)7-9-2-3-10(14)6-12(9)20-13(15,16)17/h2-3,6,11H,4-5,7-8H2,1H3/t11-/m1/s1. The number of nitrogens with zero attached hydrogens (tertiary/aromatic N) is 1. The zero-order chi connectivity index (χ0) is 14.8. The third kappa shape index (κ3) is 4.36. The van der Waals surface area contributed by atoms with E-state index < -0.39 is 6.36 Å². The molecule has 0 aromatic heterocycles. The predicted octanol–water partition coefficient (Wildman–Crippen LogP) is 3.57. The zero-order valence-electron chi connectivity index (χ0n) is 10.9. The predicted molar refractivity (Wildman–Crippen MR) is 71.5 cm³/mol. The summed E-state index contributed by atoms with van der Waals surface area (Å²) in [5.74, 6) is -0.159. The van der Waals surface area contributed by atoms with Gasteiger partial charge in [0.1, 0.15) is 5.75 Å². The van der Waals surface area contributed by atoms with E-state index in [0.717, 1.165) is 19.5 Å². The first kappa shape index (κ1) is 15.6. The van der Waals surface area contributed by atoms with Gasteiger partial charge in [0, 0.05) is 36.8 Å². The molecule has 3 nitrogen and oxygen atoms in total. The lowest BCUT2D eigenvalue weighted by Crippen LogP contribution is -2.24. The van der Waals surface area contributed by atoms with Crippen LogP contribution in [0.15, 0.2) is 22.7 Å². The first-order chi connectivity index (χ1) is 9.37. The molecular weight excluding hydrogens is 339 g/mol. The van der Waals surface area contributed by atoms with Crippen LogP contribution >= 0.6 is 15.9 Å². The maximum Gasteiger partial charge on any atom is 0.573 e. The number of benzene rings is 1. The Morgan fingerprint density at radius 2 is 2.15 bits per heavy atom. The Balaban J connectivity index is 2.11. The second-order valence-electron chi connectivity index (χ2n) is 4.68. The fourth-order valence-electron chi connectivity index (χ4n) is 2.25. The van der Waals surface area contributed by atoms with Crippen molar-refractivity contribution in [1.82, 2.24) is 4.90 Å². The summed E-state index contributed by atoms with van der Waals surface area (Å²) in [7, 11) is 1.64. The summed E-state index contributed by atoms with van der Waals surface area (Å²) in [6.07, 6.45) is -3.64. The van der Waals surface area contributed by atoms with Crippen molar-refractivity contribution in [3.8, 4) is 5.75 Å². The van der Waals surface area contributed by atoms with E-state index in [1.807, 2.05) is 0 Å². The Labute approximate surface area is 123 Å². The van der Waals surface area contributed by atoms with Crippen molar-refractivity contribution in [2.75, 3.05) is 20.2 Å². The van der Waals surface area contributed by atoms with Crippen molar-refractivity contribution in [2.45, 2.75) is 25.4 Å². The molecule has 1 aliphatic heterocycles. The van der Waals surface area contributed by atoms with Gasteiger partial charge in [0.2, 0.25) is 0 Å². The van der Waals surface area contributed by atoms with Gasteiger partial charge >= 0.3 is 6.36 Å². The summed E-state index contributed by atoms with van der Waals surface area (Å²) in [5.41, 5.74) is 0.516. The van der Waals surface area contributed by atoms with Crippen molar-refractivity contribution >= 4 is 15.9 Å². The monoisotopic (exact) mass is 353 g/mol. The van der Waals surface area contributed by atoms with Crippen LogP contribution in [0, 0.1) is 0 Å². The molecular formula is C13H15BrF3NO2. The summed E-state index contributed by atoms with van der Waals surface area (Å²) in [6, 6.07) is 4.69. The van der Waals surface area contributed by atoms with Gasteiger partial charge in [-0.05, 0) is 18.6 Å². The first-order valence-electron chi connectivity index (χ1n) is 6.16. The number of halogens is 4. The van der Waals surface area contributed by atoms with Crippen LogP contribution < -0.4 is 4.74 Å². The normalized spacial score (nSPS) is 20.4. The quantitative estimate of drug-likeness (QED) is 0.825. The maximum absolute atomic E-state index is 12.4.